The largest absolute Gasteiger partial charge is 0.398 e. The fourth-order valence-electron chi connectivity index (χ4n) is 2.66. The highest BCUT2D eigenvalue weighted by Gasteiger charge is 2.11. The van der Waals surface area contributed by atoms with Gasteiger partial charge in [-0.3, -0.25) is 0 Å². The molecule has 120 valence electrons. The van der Waals surface area contributed by atoms with Crippen molar-refractivity contribution in [3.05, 3.63) is 66.7 Å². The SMILES string of the molecule is Nc1cccc(-c2ccc(N=C=O)cc2)c1-c1ccc(N=C=O)cc1. The molecule has 0 saturated carbocycles. The van der Waals surface area contributed by atoms with E-state index in [9.17, 15) is 9.59 Å². The number of aliphatic imine (C=N–C) groups is 2. The standard InChI is InChI=1S/C20H13N3O2/c21-19-3-1-2-18(14-4-8-16(9-5-14)22-12-24)20(19)15-6-10-17(11-7-15)23-13-25/h1-11H,21H2. The Labute approximate surface area is 144 Å². The summed E-state index contributed by atoms with van der Waals surface area (Å²) >= 11 is 0. The fourth-order valence-corrected chi connectivity index (χ4v) is 2.66. The Hall–Kier alpha value is -3.78. The van der Waals surface area contributed by atoms with E-state index in [1.165, 1.54) is 12.2 Å². The first-order chi connectivity index (χ1) is 12.2. The lowest BCUT2D eigenvalue weighted by molar-refractivity contribution is 0.564. The number of hydrogen-bond donors (Lipinski definition) is 1. The molecule has 0 aliphatic heterocycles. The van der Waals surface area contributed by atoms with Gasteiger partial charge in [0.1, 0.15) is 0 Å². The third-order valence-electron chi connectivity index (χ3n) is 3.78. The predicted molar refractivity (Wildman–Crippen MR) is 97.3 cm³/mol. The van der Waals surface area contributed by atoms with Crippen molar-refractivity contribution < 1.29 is 9.59 Å². The van der Waals surface area contributed by atoms with Crippen molar-refractivity contribution in [2.45, 2.75) is 0 Å². The average molecular weight is 327 g/mol. The topological polar surface area (TPSA) is 84.9 Å². The Morgan fingerprint density at radius 1 is 0.680 bits per heavy atom. The summed E-state index contributed by atoms with van der Waals surface area (Å²) in [5.74, 6) is 0. The van der Waals surface area contributed by atoms with E-state index in [1.807, 2.05) is 42.5 Å². The van der Waals surface area contributed by atoms with E-state index < -0.39 is 0 Å². The van der Waals surface area contributed by atoms with Gasteiger partial charge >= 0.3 is 0 Å². The van der Waals surface area contributed by atoms with Gasteiger partial charge in [-0.2, -0.15) is 9.98 Å². The lowest BCUT2D eigenvalue weighted by Crippen LogP contribution is -1.93. The van der Waals surface area contributed by atoms with Gasteiger partial charge < -0.3 is 5.73 Å². The van der Waals surface area contributed by atoms with E-state index in [2.05, 4.69) is 9.98 Å². The minimum atomic E-state index is 0.533. The molecule has 0 bridgehead atoms. The van der Waals surface area contributed by atoms with Crippen LogP contribution in [0.3, 0.4) is 0 Å². The molecule has 3 rings (SSSR count). The van der Waals surface area contributed by atoms with Gasteiger partial charge in [-0.25, -0.2) is 9.59 Å². The average Bonchev–Trinajstić information content (AvgIpc) is 2.64. The highest BCUT2D eigenvalue weighted by Crippen LogP contribution is 2.37. The van der Waals surface area contributed by atoms with E-state index in [0.717, 1.165) is 22.3 Å². The van der Waals surface area contributed by atoms with E-state index in [-0.39, 0.29) is 0 Å². The van der Waals surface area contributed by atoms with Gasteiger partial charge in [0.25, 0.3) is 0 Å². The summed E-state index contributed by atoms with van der Waals surface area (Å²) in [4.78, 5) is 27.9. The molecule has 3 aromatic rings. The number of hydrogen-bond acceptors (Lipinski definition) is 5. The maximum absolute atomic E-state index is 10.4. The van der Waals surface area contributed by atoms with Crippen LogP contribution in [-0.4, -0.2) is 12.2 Å². The zero-order valence-electron chi connectivity index (χ0n) is 13.1. The van der Waals surface area contributed by atoms with Gasteiger partial charge in [0.05, 0.1) is 11.4 Å². The van der Waals surface area contributed by atoms with Crippen molar-refractivity contribution >= 4 is 29.2 Å². The second-order valence-electron chi connectivity index (χ2n) is 5.27. The predicted octanol–water partition coefficient (Wildman–Crippen LogP) is 4.54. The van der Waals surface area contributed by atoms with Crippen molar-refractivity contribution in [3.8, 4) is 22.3 Å². The molecule has 0 saturated heterocycles. The first kappa shape index (κ1) is 16.1. The molecular weight excluding hydrogens is 314 g/mol. The van der Waals surface area contributed by atoms with Crippen molar-refractivity contribution in [1.29, 1.82) is 0 Å². The highest BCUT2D eigenvalue weighted by molar-refractivity contribution is 5.91. The third-order valence-corrected chi connectivity index (χ3v) is 3.78. The summed E-state index contributed by atoms with van der Waals surface area (Å²) in [7, 11) is 0. The molecule has 25 heavy (non-hydrogen) atoms. The number of benzene rings is 3. The van der Waals surface area contributed by atoms with Crippen LogP contribution >= 0.6 is 0 Å². The van der Waals surface area contributed by atoms with Gasteiger partial charge in [-0.15, -0.1) is 0 Å². The summed E-state index contributed by atoms with van der Waals surface area (Å²) in [6.07, 6.45) is 3.05. The maximum atomic E-state index is 10.4. The molecule has 0 atom stereocenters. The number of anilines is 1. The number of isocyanates is 2. The van der Waals surface area contributed by atoms with Crippen LogP contribution in [0.2, 0.25) is 0 Å². The molecule has 5 nitrogen and oxygen atoms in total. The van der Waals surface area contributed by atoms with Crippen LogP contribution in [0.25, 0.3) is 22.3 Å². The van der Waals surface area contributed by atoms with Crippen LogP contribution in [0.4, 0.5) is 17.1 Å². The molecule has 0 spiro atoms. The normalized spacial score (nSPS) is 9.76. The fraction of sp³-hybridized carbons (Fsp3) is 0. The number of carbonyl (C=O) groups excluding carboxylic acids is 2. The number of rotatable bonds is 4. The summed E-state index contributed by atoms with van der Waals surface area (Å²) in [6, 6.07) is 20.1. The van der Waals surface area contributed by atoms with Gasteiger partial charge in [0.2, 0.25) is 12.2 Å². The van der Waals surface area contributed by atoms with E-state index in [1.54, 1.807) is 24.3 Å². The van der Waals surface area contributed by atoms with Crippen molar-refractivity contribution in [2.24, 2.45) is 9.98 Å². The van der Waals surface area contributed by atoms with E-state index >= 15 is 0 Å². The summed E-state index contributed by atoms with van der Waals surface area (Å²) < 4.78 is 0. The van der Waals surface area contributed by atoms with Crippen LogP contribution < -0.4 is 5.73 Å². The minimum absolute atomic E-state index is 0.533. The number of nitrogen functional groups attached to an aromatic ring is 1. The zero-order chi connectivity index (χ0) is 17.6. The van der Waals surface area contributed by atoms with Crippen molar-refractivity contribution in [3.63, 3.8) is 0 Å². The van der Waals surface area contributed by atoms with Crippen LogP contribution in [-0.2, 0) is 9.59 Å². The van der Waals surface area contributed by atoms with Gasteiger partial charge in [0, 0.05) is 11.3 Å². The molecule has 0 aromatic heterocycles. The van der Waals surface area contributed by atoms with Crippen LogP contribution in [0.15, 0.2) is 76.7 Å². The van der Waals surface area contributed by atoms with Crippen molar-refractivity contribution in [1.82, 2.24) is 0 Å². The molecular formula is C20H13N3O2. The molecule has 0 fully saturated rings. The van der Waals surface area contributed by atoms with Gasteiger partial charge in [-0.05, 0) is 47.0 Å². The van der Waals surface area contributed by atoms with E-state index in [4.69, 9.17) is 5.73 Å². The highest BCUT2D eigenvalue weighted by atomic mass is 16.1. The Morgan fingerprint density at radius 2 is 1.20 bits per heavy atom. The smallest absolute Gasteiger partial charge is 0.240 e. The zero-order valence-corrected chi connectivity index (χ0v) is 13.1. The van der Waals surface area contributed by atoms with Gasteiger partial charge in [0.15, 0.2) is 0 Å². The molecule has 0 heterocycles. The number of nitrogens with two attached hydrogens (primary N) is 1. The lowest BCUT2D eigenvalue weighted by atomic mass is 9.93. The maximum Gasteiger partial charge on any atom is 0.240 e. The van der Waals surface area contributed by atoms with Crippen LogP contribution in [0.5, 0.6) is 0 Å². The number of nitrogens with zero attached hydrogens (tertiary/aromatic N) is 2. The molecule has 0 unspecified atom stereocenters. The van der Waals surface area contributed by atoms with Gasteiger partial charge in [-0.1, -0.05) is 36.4 Å². The van der Waals surface area contributed by atoms with Crippen molar-refractivity contribution in [2.75, 3.05) is 5.73 Å². The summed E-state index contributed by atoms with van der Waals surface area (Å²) in [6.45, 7) is 0. The molecule has 0 amide bonds. The molecule has 0 aliphatic rings. The summed E-state index contributed by atoms with van der Waals surface area (Å²) in [5.41, 5.74) is 11.6. The lowest BCUT2D eigenvalue weighted by Gasteiger charge is -2.13. The second kappa shape index (κ2) is 7.20. The monoisotopic (exact) mass is 327 g/mol. The molecule has 0 radical (unpaired) electrons. The quantitative estimate of drug-likeness (QED) is 0.434. The Balaban J connectivity index is 2.11. The van der Waals surface area contributed by atoms with E-state index in [0.29, 0.717) is 17.1 Å². The first-order valence-corrected chi connectivity index (χ1v) is 7.48. The second-order valence-corrected chi connectivity index (χ2v) is 5.27. The Morgan fingerprint density at radius 3 is 1.72 bits per heavy atom. The summed E-state index contributed by atoms with van der Waals surface area (Å²) in [5, 5.41) is 0. The molecule has 3 aromatic carbocycles. The minimum Gasteiger partial charge on any atom is -0.398 e. The molecule has 5 heteroatoms. The Bertz CT molecular complexity index is 996. The first-order valence-electron chi connectivity index (χ1n) is 7.48. The molecule has 0 aliphatic carbocycles. The van der Waals surface area contributed by atoms with Crippen LogP contribution in [0.1, 0.15) is 0 Å². The van der Waals surface area contributed by atoms with Crippen LogP contribution in [0, 0.1) is 0 Å². The third kappa shape index (κ3) is 3.43. The Kier molecular flexibility index (Phi) is 4.63. The molecule has 2 N–H and O–H groups in total.